The minimum absolute atomic E-state index is 0.0124. The van der Waals surface area contributed by atoms with Gasteiger partial charge >= 0.3 is 0 Å². The second kappa shape index (κ2) is 6.74. The average molecular weight is 351 g/mol. The van der Waals surface area contributed by atoms with Crippen LogP contribution in [0.4, 0.5) is 0 Å². The fourth-order valence-electron chi connectivity index (χ4n) is 3.59. The van der Waals surface area contributed by atoms with E-state index in [1.165, 1.54) is 6.33 Å². The Morgan fingerprint density at radius 2 is 2.08 bits per heavy atom. The number of carbonyl (C=O) groups excluding carboxylic acids is 1. The Morgan fingerprint density at radius 3 is 2.73 bits per heavy atom. The van der Waals surface area contributed by atoms with Gasteiger partial charge in [0.15, 0.2) is 0 Å². The zero-order valence-electron chi connectivity index (χ0n) is 14.9. The molecule has 1 saturated heterocycles. The molecule has 3 aromatic rings. The molecule has 1 fully saturated rings. The lowest BCUT2D eigenvalue weighted by Gasteiger charge is -2.31. The molecule has 0 bridgehead atoms. The lowest BCUT2D eigenvalue weighted by molar-refractivity contribution is 0.0706. The first-order chi connectivity index (χ1) is 12.6. The van der Waals surface area contributed by atoms with E-state index in [0.717, 1.165) is 54.3 Å². The standard InChI is InChI=1S/C19H21N5O2/c1-12-18(13(2)26-23-12)16-5-3-4-15(22-16)14-6-8-24(9-7-14)19(25)17-10-20-11-21-17/h3-5,10-11,14H,6-9H2,1-2H3,(H,20,21). The van der Waals surface area contributed by atoms with Crippen molar-refractivity contribution in [1.29, 1.82) is 0 Å². The molecule has 0 atom stereocenters. The van der Waals surface area contributed by atoms with E-state index in [1.807, 2.05) is 30.9 Å². The van der Waals surface area contributed by atoms with Crippen LogP contribution in [-0.4, -0.2) is 44.0 Å². The lowest BCUT2D eigenvalue weighted by atomic mass is 9.92. The van der Waals surface area contributed by atoms with E-state index in [1.54, 1.807) is 6.20 Å². The van der Waals surface area contributed by atoms with Crippen molar-refractivity contribution < 1.29 is 9.32 Å². The second-order valence-corrected chi connectivity index (χ2v) is 6.68. The number of hydrogen-bond acceptors (Lipinski definition) is 5. The first-order valence-corrected chi connectivity index (χ1v) is 8.81. The number of nitrogens with one attached hydrogen (secondary N) is 1. The van der Waals surface area contributed by atoms with Crippen LogP contribution in [0.1, 0.15) is 46.4 Å². The van der Waals surface area contributed by atoms with Gasteiger partial charge in [-0.25, -0.2) is 4.98 Å². The lowest BCUT2D eigenvalue weighted by Crippen LogP contribution is -2.38. The first kappa shape index (κ1) is 16.5. The molecule has 26 heavy (non-hydrogen) atoms. The van der Waals surface area contributed by atoms with Crippen LogP contribution in [0.2, 0.25) is 0 Å². The van der Waals surface area contributed by atoms with Crippen LogP contribution in [-0.2, 0) is 0 Å². The number of hydrogen-bond donors (Lipinski definition) is 1. The van der Waals surface area contributed by atoms with E-state index < -0.39 is 0 Å². The Bertz CT molecular complexity index is 888. The number of imidazole rings is 1. The maximum Gasteiger partial charge on any atom is 0.271 e. The Labute approximate surface area is 151 Å². The predicted octanol–water partition coefficient (Wildman–Crippen LogP) is 3.10. The van der Waals surface area contributed by atoms with Gasteiger partial charge in [0.25, 0.3) is 5.91 Å². The molecule has 0 saturated carbocycles. The van der Waals surface area contributed by atoms with Gasteiger partial charge in [0.2, 0.25) is 0 Å². The maximum atomic E-state index is 12.4. The van der Waals surface area contributed by atoms with Gasteiger partial charge in [-0.2, -0.15) is 0 Å². The van der Waals surface area contributed by atoms with Crippen LogP contribution in [0.3, 0.4) is 0 Å². The fourth-order valence-corrected chi connectivity index (χ4v) is 3.59. The molecule has 0 spiro atoms. The summed E-state index contributed by atoms with van der Waals surface area (Å²) in [4.78, 5) is 26.0. The Kier molecular flexibility index (Phi) is 4.28. The van der Waals surface area contributed by atoms with Crippen molar-refractivity contribution in [2.45, 2.75) is 32.6 Å². The maximum absolute atomic E-state index is 12.4. The SMILES string of the molecule is Cc1noc(C)c1-c1cccc(C2CCN(C(=O)c3cnc[nH]3)CC2)n1. The van der Waals surface area contributed by atoms with E-state index in [-0.39, 0.29) is 5.91 Å². The molecule has 4 heterocycles. The van der Waals surface area contributed by atoms with E-state index in [0.29, 0.717) is 11.6 Å². The Morgan fingerprint density at radius 1 is 1.27 bits per heavy atom. The van der Waals surface area contributed by atoms with Crippen molar-refractivity contribution in [3.8, 4) is 11.3 Å². The minimum atomic E-state index is 0.0124. The summed E-state index contributed by atoms with van der Waals surface area (Å²) in [7, 11) is 0. The summed E-state index contributed by atoms with van der Waals surface area (Å²) in [6, 6.07) is 6.09. The summed E-state index contributed by atoms with van der Waals surface area (Å²) in [6.07, 6.45) is 4.91. The number of nitrogens with zero attached hydrogens (tertiary/aromatic N) is 4. The summed E-state index contributed by atoms with van der Waals surface area (Å²) in [5.74, 6) is 1.15. The number of aromatic amines is 1. The van der Waals surface area contributed by atoms with Crippen LogP contribution >= 0.6 is 0 Å². The summed E-state index contributed by atoms with van der Waals surface area (Å²) in [5, 5.41) is 4.02. The number of carbonyl (C=O) groups is 1. The molecule has 3 aromatic heterocycles. The third-order valence-corrected chi connectivity index (χ3v) is 4.99. The molecule has 1 aliphatic heterocycles. The number of rotatable bonds is 3. The monoisotopic (exact) mass is 351 g/mol. The molecule has 7 heteroatoms. The topological polar surface area (TPSA) is 87.9 Å². The Balaban J connectivity index is 1.48. The number of aromatic nitrogens is 4. The molecule has 0 aliphatic carbocycles. The number of amides is 1. The van der Waals surface area contributed by atoms with Crippen molar-refractivity contribution in [2.24, 2.45) is 0 Å². The molecule has 1 aliphatic rings. The number of aryl methyl sites for hydroxylation is 2. The summed E-state index contributed by atoms with van der Waals surface area (Å²) in [6.45, 7) is 5.28. The molecular weight excluding hydrogens is 330 g/mol. The van der Waals surface area contributed by atoms with Gasteiger partial charge in [0.1, 0.15) is 11.5 Å². The van der Waals surface area contributed by atoms with Gasteiger partial charge in [-0.3, -0.25) is 9.78 Å². The predicted molar refractivity (Wildman–Crippen MR) is 95.7 cm³/mol. The highest BCUT2D eigenvalue weighted by molar-refractivity contribution is 5.92. The average Bonchev–Trinajstić information content (AvgIpc) is 3.32. The van der Waals surface area contributed by atoms with Gasteiger partial charge in [-0.05, 0) is 38.8 Å². The molecular formula is C19H21N5O2. The molecule has 134 valence electrons. The molecule has 0 radical (unpaired) electrons. The molecule has 4 rings (SSSR count). The van der Waals surface area contributed by atoms with Crippen LogP contribution in [0.25, 0.3) is 11.3 Å². The zero-order valence-corrected chi connectivity index (χ0v) is 14.9. The van der Waals surface area contributed by atoms with Crippen molar-refractivity contribution in [3.63, 3.8) is 0 Å². The van der Waals surface area contributed by atoms with Crippen LogP contribution < -0.4 is 0 Å². The van der Waals surface area contributed by atoms with Crippen molar-refractivity contribution in [3.05, 3.63) is 53.6 Å². The van der Waals surface area contributed by atoms with E-state index in [9.17, 15) is 4.79 Å². The number of piperidine rings is 1. The van der Waals surface area contributed by atoms with E-state index >= 15 is 0 Å². The number of pyridine rings is 1. The third-order valence-electron chi connectivity index (χ3n) is 4.99. The van der Waals surface area contributed by atoms with Gasteiger partial charge in [0.05, 0.1) is 29.5 Å². The highest BCUT2D eigenvalue weighted by atomic mass is 16.5. The molecule has 7 nitrogen and oxygen atoms in total. The second-order valence-electron chi connectivity index (χ2n) is 6.68. The largest absolute Gasteiger partial charge is 0.361 e. The van der Waals surface area contributed by atoms with Crippen LogP contribution in [0, 0.1) is 13.8 Å². The normalized spacial score (nSPS) is 15.4. The van der Waals surface area contributed by atoms with E-state index in [2.05, 4.69) is 21.2 Å². The molecule has 1 N–H and O–H groups in total. The summed E-state index contributed by atoms with van der Waals surface area (Å²) >= 11 is 0. The van der Waals surface area contributed by atoms with Crippen molar-refractivity contribution in [1.82, 2.24) is 25.0 Å². The smallest absolute Gasteiger partial charge is 0.271 e. The fraction of sp³-hybridized carbons (Fsp3) is 0.368. The quantitative estimate of drug-likeness (QED) is 0.783. The summed E-state index contributed by atoms with van der Waals surface area (Å²) < 4.78 is 5.27. The number of likely N-dealkylation sites (tertiary alicyclic amines) is 1. The number of H-pyrrole nitrogens is 1. The molecule has 0 unspecified atom stereocenters. The minimum Gasteiger partial charge on any atom is -0.361 e. The zero-order chi connectivity index (χ0) is 18.1. The highest BCUT2D eigenvalue weighted by Gasteiger charge is 2.26. The third kappa shape index (κ3) is 3.00. The molecule has 1 amide bonds. The van der Waals surface area contributed by atoms with Crippen LogP contribution in [0.5, 0.6) is 0 Å². The van der Waals surface area contributed by atoms with Crippen LogP contribution in [0.15, 0.2) is 35.2 Å². The highest BCUT2D eigenvalue weighted by Crippen LogP contribution is 2.30. The first-order valence-electron chi connectivity index (χ1n) is 8.81. The van der Waals surface area contributed by atoms with Gasteiger partial charge < -0.3 is 14.4 Å². The van der Waals surface area contributed by atoms with Crippen molar-refractivity contribution >= 4 is 5.91 Å². The van der Waals surface area contributed by atoms with E-state index in [4.69, 9.17) is 9.51 Å². The van der Waals surface area contributed by atoms with Gasteiger partial charge in [-0.1, -0.05) is 11.2 Å². The molecule has 0 aromatic carbocycles. The Hall–Kier alpha value is -2.96. The van der Waals surface area contributed by atoms with Crippen molar-refractivity contribution in [2.75, 3.05) is 13.1 Å². The van der Waals surface area contributed by atoms with Gasteiger partial charge in [0, 0.05) is 24.7 Å². The summed E-state index contributed by atoms with van der Waals surface area (Å²) in [5.41, 5.74) is 4.33. The van der Waals surface area contributed by atoms with Gasteiger partial charge in [-0.15, -0.1) is 0 Å².